The molecular weight excluding hydrogens is 392 g/mol. The minimum Gasteiger partial charge on any atom is -0.365 e. The van der Waals surface area contributed by atoms with Crippen LogP contribution in [0.5, 0.6) is 0 Å². The Labute approximate surface area is 179 Å². The maximum Gasteiger partial charge on any atom is 0.323 e. The summed E-state index contributed by atoms with van der Waals surface area (Å²) in [6.45, 7) is 3.43. The lowest BCUT2D eigenvalue weighted by Gasteiger charge is -2.19. The Morgan fingerprint density at radius 3 is 2.87 bits per heavy atom. The Morgan fingerprint density at radius 2 is 2.06 bits per heavy atom. The summed E-state index contributed by atoms with van der Waals surface area (Å²) in [5.74, 6) is 0.549. The number of anilines is 3. The fourth-order valence-corrected chi connectivity index (χ4v) is 3.85. The Bertz CT molecular complexity index is 1200. The van der Waals surface area contributed by atoms with Crippen LogP contribution in [0.25, 0.3) is 11.3 Å². The normalized spacial score (nSPS) is 12.6. The Morgan fingerprint density at radius 1 is 1.19 bits per heavy atom. The van der Waals surface area contributed by atoms with Crippen LogP contribution in [0.3, 0.4) is 0 Å². The van der Waals surface area contributed by atoms with Gasteiger partial charge < -0.3 is 25.0 Å². The second-order valence-corrected chi connectivity index (χ2v) is 7.48. The maximum absolute atomic E-state index is 12.7. The van der Waals surface area contributed by atoms with Crippen LogP contribution < -0.4 is 15.5 Å². The number of amides is 2. The standard InChI is InChI=1S/C23H22N6O2/c1-15-21(22(28-31-15)17-5-3-2-4-6-17)27-23(30)26-18-8-7-16-9-10-29(20(16)11-18)13-19-12-24-14-25-19/h2-8,11-12,14H,9-10,13H2,1H3,(H,24,25)(H2,26,27,30). The number of hydrogen-bond acceptors (Lipinski definition) is 5. The molecule has 0 unspecified atom stereocenters. The van der Waals surface area contributed by atoms with E-state index < -0.39 is 0 Å². The van der Waals surface area contributed by atoms with Gasteiger partial charge in [-0.25, -0.2) is 9.78 Å². The van der Waals surface area contributed by atoms with Crippen LogP contribution in [0.15, 0.2) is 65.6 Å². The zero-order valence-corrected chi connectivity index (χ0v) is 17.1. The molecule has 5 rings (SSSR count). The largest absolute Gasteiger partial charge is 0.365 e. The molecule has 31 heavy (non-hydrogen) atoms. The van der Waals surface area contributed by atoms with Gasteiger partial charge in [0.15, 0.2) is 5.76 Å². The molecule has 1 aliphatic rings. The van der Waals surface area contributed by atoms with Crippen molar-refractivity contribution in [3.63, 3.8) is 0 Å². The van der Waals surface area contributed by atoms with Gasteiger partial charge in [0.25, 0.3) is 0 Å². The molecule has 0 fully saturated rings. The van der Waals surface area contributed by atoms with Gasteiger partial charge in [-0.3, -0.25) is 0 Å². The van der Waals surface area contributed by atoms with Gasteiger partial charge in [0.05, 0.1) is 18.6 Å². The quantitative estimate of drug-likeness (QED) is 0.444. The number of hydrogen-bond donors (Lipinski definition) is 3. The van der Waals surface area contributed by atoms with Crippen LogP contribution in [-0.4, -0.2) is 27.7 Å². The van der Waals surface area contributed by atoms with E-state index in [1.165, 1.54) is 5.56 Å². The number of nitrogens with zero attached hydrogens (tertiary/aromatic N) is 3. The highest BCUT2D eigenvalue weighted by molar-refractivity contribution is 6.02. The van der Waals surface area contributed by atoms with Crippen LogP contribution in [0, 0.1) is 6.92 Å². The first-order valence-corrected chi connectivity index (χ1v) is 10.1. The smallest absolute Gasteiger partial charge is 0.323 e. The Balaban J connectivity index is 1.32. The van der Waals surface area contributed by atoms with Crippen LogP contribution in [0.1, 0.15) is 17.0 Å². The summed E-state index contributed by atoms with van der Waals surface area (Å²) >= 11 is 0. The third kappa shape index (κ3) is 3.87. The summed E-state index contributed by atoms with van der Waals surface area (Å²) in [6, 6.07) is 15.3. The minimum absolute atomic E-state index is 0.347. The molecule has 0 radical (unpaired) electrons. The number of nitrogens with one attached hydrogen (secondary N) is 3. The van der Waals surface area contributed by atoms with Crippen molar-refractivity contribution >= 4 is 23.1 Å². The molecule has 0 saturated carbocycles. The molecule has 4 aromatic rings. The number of rotatable bonds is 5. The van der Waals surface area contributed by atoms with Crippen molar-refractivity contribution in [2.24, 2.45) is 0 Å². The zero-order valence-electron chi connectivity index (χ0n) is 17.1. The average Bonchev–Trinajstić information content (AvgIpc) is 3.51. The number of aromatic nitrogens is 3. The first kappa shape index (κ1) is 18.9. The van der Waals surface area contributed by atoms with Crippen molar-refractivity contribution < 1.29 is 9.32 Å². The van der Waals surface area contributed by atoms with Gasteiger partial charge in [-0.05, 0) is 31.0 Å². The fourth-order valence-electron chi connectivity index (χ4n) is 3.85. The third-order valence-corrected chi connectivity index (χ3v) is 5.39. The number of benzene rings is 2. The lowest BCUT2D eigenvalue weighted by Crippen LogP contribution is -2.21. The summed E-state index contributed by atoms with van der Waals surface area (Å²) < 4.78 is 5.32. The predicted octanol–water partition coefficient (Wildman–Crippen LogP) is 4.58. The van der Waals surface area contributed by atoms with Crippen molar-refractivity contribution in [1.29, 1.82) is 0 Å². The van der Waals surface area contributed by atoms with Crippen LogP contribution in [-0.2, 0) is 13.0 Å². The van der Waals surface area contributed by atoms with E-state index in [4.69, 9.17) is 4.52 Å². The van der Waals surface area contributed by atoms with E-state index in [9.17, 15) is 4.79 Å². The molecule has 156 valence electrons. The number of urea groups is 1. The lowest BCUT2D eigenvalue weighted by molar-refractivity contribution is 0.262. The molecular formula is C23H22N6O2. The van der Waals surface area contributed by atoms with Crippen LogP contribution in [0.4, 0.5) is 21.9 Å². The molecule has 2 aromatic heterocycles. The summed E-state index contributed by atoms with van der Waals surface area (Å²) in [6.07, 6.45) is 4.57. The van der Waals surface area contributed by atoms with Crippen molar-refractivity contribution in [2.45, 2.75) is 19.9 Å². The molecule has 0 spiro atoms. The highest BCUT2D eigenvalue weighted by Crippen LogP contribution is 2.33. The molecule has 0 atom stereocenters. The number of aromatic amines is 1. The summed E-state index contributed by atoms with van der Waals surface area (Å²) in [5.41, 5.74) is 6.13. The predicted molar refractivity (Wildman–Crippen MR) is 119 cm³/mol. The van der Waals surface area contributed by atoms with Crippen LogP contribution in [0.2, 0.25) is 0 Å². The Kier molecular flexibility index (Phi) is 4.87. The molecule has 8 nitrogen and oxygen atoms in total. The van der Waals surface area contributed by atoms with Gasteiger partial charge in [0, 0.05) is 29.7 Å². The topological polar surface area (TPSA) is 99.1 Å². The summed E-state index contributed by atoms with van der Waals surface area (Å²) in [7, 11) is 0. The highest BCUT2D eigenvalue weighted by Gasteiger charge is 2.21. The summed E-state index contributed by atoms with van der Waals surface area (Å²) in [4.78, 5) is 22.3. The second-order valence-electron chi connectivity index (χ2n) is 7.48. The number of H-pyrrole nitrogens is 1. The van der Waals surface area contributed by atoms with E-state index >= 15 is 0 Å². The van der Waals surface area contributed by atoms with Gasteiger partial charge in [-0.2, -0.15) is 0 Å². The third-order valence-electron chi connectivity index (χ3n) is 5.39. The second kappa shape index (κ2) is 7.98. The zero-order chi connectivity index (χ0) is 21.2. The molecule has 0 saturated heterocycles. The molecule has 0 bridgehead atoms. The Hall–Kier alpha value is -4.07. The minimum atomic E-state index is -0.347. The molecule has 8 heteroatoms. The van der Waals surface area contributed by atoms with Gasteiger partial charge in [-0.1, -0.05) is 41.6 Å². The van der Waals surface area contributed by atoms with Gasteiger partial charge >= 0.3 is 6.03 Å². The monoisotopic (exact) mass is 414 g/mol. The highest BCUT2D eigenvalue weighted by atomic mass is 16.5. The molecule has 3 N–H and O–H groups in total. The fraction of sp³-hybridized carbons (Fsp3) is 0.174. The number of fused-ring (bicyclic) bond motifs is 1. The van der Waals surface area contributed by atoms with Crippen LogP contribution >= 0.6 is 0 Å². The van der Waals surface area contributed by atoms with E-state index in [2.05, 4.69) is 36.7 Å². The van der Waals surface area contributed by atoms with Crippen molar-refractivity contribution in [3.8, 4) is 11.3 Å². The number of carbonyl (C=O) groups is 1. The first-order valence-electron chi connectivity index (χ1n) is 10.1. The first-order chi connectivity index (χ1) is 15.2. The molecule has 3 heterocycles. The lowest BCUT2D eigenvalue weighted by atomic mass is 10.1. The molecule has 2 aromatic carbocycles. The average molecular weight is 414 g/mol. The molecule has 1 aliphatic heterocycles. The van der Waals surface area contributed by atoms with Gasteiger partial charge in [0.1, 0.15) is 11.4 Å². The summed E-state index contributed by atoms with van der Waals surface area (Å²) in [5, 5.41) is 9.92. The van der Waals surface area contributed by atoms with Crippen molar-refractivity contribution in [2.75, 3.05) is 22.1 Å². The van der Waals surface area contributed by atoms with Gasteiger partial charge in [0.2, 0.25) is 0 Å². The maximum atomic E-state index is 12.7. The van der Waals surface area contributed by atoms with E-state index in [-0.39, 0.29) is 6.03 Å². The van der Waals surface area contributed by atoms with E-state index in [1.54, 1.807) is 13.3 Å². The number of carbonyl (C=O) groups excluding carboxylic acids is 1. The van der Waals surface area contributed by atoms with E-state index in [0.717, 1.165) is 42.1 Å². The van der Waals surface area contributed by atoms with E-state index in [1.807, 2.05) is 48.7 Å². The number of imidazole rings is 1. The molecule has 0 aliphatic carbocycles. The van der Waals surface area contributed by atoms with Crippen molar-refractivity contribution in [3.05, 3.63) is 78.1 Å². The number of aryl methyl sites for hydroxylation is 1. The van der Waals surface area contributed by atoms with E-state index in [0.29, 0.717) is 17.1 Å². The van der Waals surface area contributed by atoms with Gasteiger partial charge in [-0.15, -0.1) is 0 Å². The van der Waals surface area contributed by atoms with Crippen molar-refractivity contribution in [1.82, 2.24) is 15.1 Å². The molecule has 2 amide bonds. The SMILES string of the molecule is Cc1onc(-c2ccccc2)c1NC(=O)Nc1ccc2c(c1)N(Cc1c[nH]cn1)CC2.